The van der Waals surface area contributed by atoms with E-state index in [1.165, 1.54) is 12.3 Å². The van der Waals surface area contributed by atoms with Crippen molar-refractivity contribution in [3.05, 3.63) is 70.7 Å². The number of fused-ring (bicyclic) bond motifs is 1. The molecule has 1 fully saturated rings. The highest BCUT2D eigenvalue weighted by atomic mass is 19.1. The average Bonchev–Trinajstić information content (AvgIpc) is 3.61. The summed E-state index contributed by atoms with van der Waals surface area (Å²) < 4.78 is 15.7. The average molecular weight is 510 g/mol. The number of nitriles is 2. The molecule has 0 unspecified atom stereocenters. The molecule has 2 N–H and O–H groups in total. The predicted molar refractivity (Wildman–Crippen MR) is 142 cm³/mol. The molecule has 1 aliphatic carbocycles. The Kier molecular flexibility index (Phi) is 6.41. The molecule has 4 aromatic rings. The van der Waals surface area contributed by atoms with Crippen LogP contribution in [0.25, 0.3) is 10.9 Å². The van der Waals surface area contributed by atoms with Gasteiger partial charge in [-0.25, -0.2) is 9.67 Å². The number of aryl methyl sites for hydroxylation is 1. The summed E-state index contributed by atoms with van der Waals surface area (Å²) in [5.41, 5.74) is 4.39. The maximum atomic E-state index is 13.9. The number of aromatic nitrogens is 5. The second kappa shape index (κ2) is 9.71. The first-order valence-electron chi connectivity index (χ1n) is 12.5. The van der Waals surface area contributed by atoms with Gasteiger partial charge in [0.25, 0.3) is 0 Å². The lowest BCUT2D eigenvalue weighted by atomic mass is 9.96. The summed E-state index contributed by atoms with van der Waals surface area (Å²) in [6.07, 6.45) is 5.52. The van der Waals surface area contributed by atoms with Crippen LogP contribution in [0.3, 0.4) is 0 Å². The van der Waals surface area contributed by atoms with Crippen molar-refractivity contribution < 1.29 is 4.39 Å². The Bertz CT molecular complexity index is 1600. The van der Waals surface area contributed by atoms with E-state index in [9.17, 15) is 14.9 Å². The molecule has 1 aromatic carbocycles. The van der Waals surface area contributed by atoms with Crippen LogP contribution in [0.15, 0.2) is 36.7 Å². The minimum absolute atomic E-state index is 0.0399. The maximum absolute atomic E-state index is 13.9. The van der Waals surface area contributed by atoms with Crippen LogP contribution in [0.4, 0.5) is 15.8 Å². The van der Waals surface area contributed by atoms with Crippen molar-refractivity contribution in [1.82, 2.24) is 25.0 Å². The molecule has 1 saturated carbocycles. The molecule has 10 heteroatoms. The van der Waals surface area contributed by atoms with Crippen LogP contribution in [0.5, 0.6) is 0 Å². The molecule has 1 atom stereocenters. The van der Waals surface area contributed by atoms with Gasteiger partial charge >= 0.3 is 0 Å². The lowest BCUT2D eigenvalue weighted by Gasteiger charge is -2.22. The van der Waals surface area contributed by atoms with Crippen LogP contribution in [-0.4, -0.2) is 31.5 Å². The smallest absolute Gasteiger partial charge is 0.213 e. The number of anilines is 2. The van der Waals surface area contributed by atoms with E-state index < -0.39 is 12.0 Å². The molecule has 3 aromatic heterocycles. The van der Waals surface area contributed by atoms with Gasteiger partial charge in [-0.3, -0.25) is 4.98 Å². The first-order valence-corrected chi connectivity index (χ1v) is 12.5. The van der Waals surface area contributed by atoms with Gasteiger partial charge in [0.05, 0.1) is 40.6 Å². The number of benzene rings is 1. The van der Waals surface area contributed by atoms with Crippen LogP contribution in [0, 0.1) is 40.9 Å². The lowest BCUT2D eigenvalue weighted by molar-refractivity contribution is 0.443. The van der Waals surface area contributed by atoms with E-state index in [1.807, 2.05) is 16.9 Å². The lowest BCUT2D eigenvalue weighted by Crippen LogP contribution is -2.20. The molecule has 192 valence electrons. The zero-order chi connectivity index (χ0) is 27.0. The van der Waals surface area contributed by atoms with Gasteiger partial charge in [0.1, 0.15) is 17.8 Å². The van der Waals surface area contributed by atoms with Crippen molar-refractivity contribution in [3.63, 3.8) is 0 Å². The van der Waals surface area contributed by atoms with E-state index in [2.05, 4.69) is 63.8 Å². The third-order valence-corrected chi connectivity index (χ3v) is 6.47. The quantitative estimate of drug-likeness (QED) is 0.317. The molecule has 3 heterocycles. The number of hydrogen-bond donors (Lipinski definition) is 2. The predicted octanol–water partition coefficient (Wildman–Crippen LogP) is 5.41. The molecule has 0 amide bonds. The molecule has 38 heavy (non-hydrogen) atoms. The third kappa shape index (κ3) is 5.12. The van der Waals surface area contributed by atoms with E-state index in [0.29, 0.717) is 57.4 Å². The van der Waals surface area contributed by atoms with Gasteiger partial charge < -0.3 is 10.6 Å². The van der Waals surface area contributed by atoms with Gasteiger partial charge in [0.2, 0.25) is 5.95 Å². The molecule has 5 rings (SSSR count). The van der Waals surface area contributed by atoms with Crippen LogP contribution in [0.2, 0.25) is 0 Å². The molecular weight excluding hydrogens is 481 g/mol. The molecule has 0 aliphatic heterocycles. The fraction of sp³-hybridized carbons (Fsp3) is 0.357. The van der Waals surface area contributed by atoms with Crippen LogP contribution >= 0.6 is 0 Å². The first kappa shape index (κ1) is 25.1. The van der Waals surface area contributed by atoms with E-state index in [-0.39, 0.29) is 5.41 Å². The van der Waals surface area contributed by atoms with Gasteiger partial charge in [0.15, 0.2) is 0 Å². The van der Waals surface area contributed by atoms with E-state index in [0.717, 1.165) is 18.4 Å². The highest BCUT2D eigenvalue weighted by molar-refractivity contribution is 5.99. The minimum atomic E-state index is -0.561. The number of nitrogens with one attached hydrogen (secondary N) is 2. The van der Waals surface area contributed by atoms with Crippen LogP contribution < -0.4 is 10.6 Å². The summed E-state index contributed by atoms with van der Waals surface area (Å²) in [4.78, 5) is 8.44. The Morgan fingerprint density at radius 3 is 2.58 bits per heavy atom. The molecule has 0 spiro atoms. The van der Waals surface area contributed by atoms with Gasteiger partial charge in [-0.2, -0.15) is 14.9 Å². The second-order valence-corrected chi connectivity index (χ2v) is 10.8. The minimum Gasteiger partial charge on any atom is -0.383 e. The van der Waals surface area contributed by atoms with Gasteiger partial charge in [0, 0.05) is 35.1 Å². The molecule has 9 nitrogen and oxygen atoms in total. The van der Waals surface area contributed by atoms with Crippen molar-refractivity contribution in [1.29, 1.82) is 10.5 Å². The summed E-state index contributed by atoms with van der Waals surface area (Å²) in [7, 11) is 0. The van der Waals surface area contributed by atoms with E-state index in [4.69, 9.17) is 0 Å². The topological polar surface area (TPSA) is 128 Å². The Balaban J connectivity index is 1.63. The zero-order valence-electron chi connectivity index (χ0n) is 21.7. The van der Waals surface area contributed by atoms with Crippen molar-refractivity contribution in [2.45, 2.75) is 52.6 Å². The summed E-state index contributed by atoms with van der Waals surface area (Å²) >= 11 is 0. The zero-order valence-corrected chi connectivity index (χ0v) is 21.7. The molecular formula is C28H28FN9. The normalized spacial score (nSPS) is 14.1. The van der Waals surface area contributed by atoms with Crippen LogP contribution in [-0.2, 0) is 0 Å². The van der Waals surface area contributed by atoms with Crippen molar-refractivity contribution in [2.75, 3.05) is 17.2 Å². The molecule has 0 saturated heterocycles. The summed E-state index contributed by atoms with van der Waals surface area (Å²) in [6.45, 7) is 8.66. The second-order valence-electron chi connectivity index (χ2n) is 10.8. The number of hydrogen-bond acceptors (Lipinski definition) is 8. The Hall–Kier alpha value is -4.57. The van der Waals surface area contributed by atoms with E-state index in [1.54, 1.807) is 19.1 Å². The number of halogens is 1. The fourth-order valence-electron chi connectivity index (χ4n) is 4.36. The monoisotopic (exact) mass is 509 g/mol. The Morgan fingerprint density at radius 2 is 1.92 bits per heavy atom. The molecule has 1 aliphatic rings. The Morgan fingerprint density at radius 1 is 1.16 bits per heavy atom. The van der Waals surface area contributed by atoms with Crippen molar-refractivity contribution in [3.8, 4) is 12.1 Å². The van der Waals surface area contributed by atoms with Crippen molar-refractivity contribution >= 4 is 22.3 Å². The van der Waals surface area contributed by atoms with E-state index >= 15 is 0 Å². The van der Waals surface area contributed by atoms with Crippen molar-refractivity contribution in [2.24, 2.45) is 5.41 Å². The third-order valence-electron chi connectivity index (χ3n) is 6.47. The molecule has 0 bridgehead atoms. The fourth-order valence-corrected chi connectivity index (χ4v) is 4.36. The first-order chi connectivity index (χ1) is 18.2. The maximum Gasteiger partial charge on any atom is 0.213 e. The SMILES string of the molecule is Cc1nc(F)ccc1[C@H](Nc1cc(C#N)c2ncc(C#N)c(NCC(C)(C)C)c2c1)c1cn(C2CC2)nn1. The van der Waals surface area contributed by atoms with Crippen LogP contribution in [0.1, 0.15) is 73.8 Å². The highest BCUT2D eigenvalue weighted by Gasteiger charge is 2.28. The van der Waals surface area contributed by atoms with Gasteiger partial charge in [-0.15, -0.1) is 5.10 Å². The number of nitrogens with zero attached hydrogens (tertiary/aromatic N) is 7. The molecule has 0 radical (unpaired) electrons. The summed E-state index contributed by atoms with van der Waals surface area (Å²) in [5.74, 6) is -0.561. The summed E-state index contributed by atoms with van der Waals surface area (Å²) in [5, 5.41) is 36.0. The summed E-state index contributed by atoms with van der Waals surface area (Å²) in [6, 6.07) is 10.9. The Labute approximate surface area is 220 Å². The van der Waals surface area contributed by atoms with Gasteiger partial charge in [-0.05, 0) is 43.4 Å². The standard InChI is InChI=1S/C28H28FN9/c1-16-21(7-8-24(29)34-16)27(23-14-38(37-36-23)20-5-6-20)35-19-9-17(11-30)25-22(10-19)26(18(12-31)13-32-25)33-15-28(2,3)4/h7-10,13-14,20,27,35H,5-6,15H2,1-4H3,(H,32,33)/t27-/m0/s1. The number of rotatable bonds is 7. The highest BCUT2D eigenvalue weighted by Crippen LogP contribution is 2.37. The van der Waals surface area contributed by atoms with Gasteiger partial charge in [-0.1, -0.05) is 32.1 Å². The largest absolute Gasteiger partial charge is 0.383 e. The number of pyridine rings is 2.